The Morgan fingerprint density at radius 3 is 2.55 bits per heavy atom. The van der Waals surface area contributed by atoms with Crippen LogP contribution in [0.4, 0.5) is 0 Å². The summed E-state index contributed by atoms with van der Waals surface area (Å²) in [5, 5.41) is 6.37. The molecule has 0 atom stereocenters. The molecular formula is C18H18N2O2. The Labute approximate surface area is 129 Å². The first-order valence-corrected chi connectivity index (χ1v) is 7.24. The number of aromatic nitrogens is 2. The van der Waals surface area contributed by atoms with E-state index in [0.29, 0.717) is 5.75 Å². The van der Waals surface area contributed by atoms with Gasteiger partial charge in [-0.05, 0) is 37.8 Å². The lowest BCUT2D eigenvalue weighted by molar-refractivity contribution is 0.0819. The fourth-order valence-electron chi connectivity index (χ4n) is 2.49. The molecule has 0 saturated carbocycles. The summed E-state index contributed by atoms with van der Waals surface area (Å²) >= 11 is 0. The van der Waals surface area contributed by atoms with E-state index in [9.17, 15) is 4.79 Å². The normalized spacial score (nSPS) is 10.9. The van der Waals surface area contributed by atoms with Gasteiger partial charge in [0.05, 0.1) is 5.69 Å². The maximum absolute atomic E-state index is 12.3. The minimum Gasteiger partial charge on any atom is -0.483 e. The Kier molecular flexibility index (Phi) is 3.67. The molecule has 0 N–H and O–H groups in total. The van der Waals surface area contributed by atoms with Crippen molar-refractivity contribution in [2.75, 3.05) is 6.61 Å². The van der Waals surface area contributed by atoms with Crippen molar-refractivity contribution in [1.82, 2.24) is 9.78 Å². The van der Waals surface area contributed by atoms with Gasteiger partial charge in [-0.25, -0.2) is 4.68 Å². The van der Waals surface area contributed by atoms with Crippen molar-refractivity contribution in [2.45, 2.75) is 20.8 Å². The van der Waals surface area contributed by atoms with Gasteiger partial charge >= 0.3 is 0 Å². The molecule has 0 saturated heterocycles. The van der Waals surface area contributed by atoms with Crippen LogP contribution in [0.2, 0.25) is 0 Å². The molecule has 4 heteroatoms. The number of rotatable bonds is 3. The van der Waals surface area contributed by atoms with Gasteiger partial charge in [-0.1, -0.05) is 36.4 Å². The van der Waals surface area contributed by atoms with E-state index in [0.717, 1.165) is 27.7 Å². The van der Waals surface area contributed by atoms with Gasteiger partial charge < -0.3 is 4.74 Å². The van der Waals surface area contributed by atoms with Crippen LogP contribution < -0.4 is 4.74 Å². The van der Waals surface area contributed by atoms with E-state index in [4.69, 9.17) is 4.74 Å². The minimum absolute atomic E-state index is 0.0323. The van der Waals surface area contributed by atoms with Crippen molar-refractivity contribution >= 4 is 16.7 Å². The summed E-state index contributed by atoms with van der Waals surface area (Å²) in [6.07, 6.45) is 0. The first kappa shape index (κ1) is 14.3. The number of ether oxygens (including phenoxy) is 1. The lowest BCUT2D eigenvalue weighted by Gasteiger charge is -2.09. The fraction of sp³-hybridized carbons (Fsp3) is 0.222. The summed E-state index contributed by atoms with van der Waals surface area (Å²) in [7, 11) is 0. The van der Waals surface area contributed by atoms with Crippen LogP contribution in [0.1, 0.15) is 21.7 Å². The number of nitrogens with zero attached hydrogens (tertiary/aromatic N) is 2. The molecule has 112 valence electrons. The van der Waals surface area contributed by atoms with Gasteiger partial charge in [-0.15, -0.1) is 0 Å². The maximum Gasteiger partial charge on any atom is 0.284 e. The molecule has 4 nitrogen and oxygen atoms in total. The van der Waals surface area contributed by atoms with Crippen LogP contribution in [-0.2, 0) is 0 Å². The molecule has 1 heterocycles. The lowest BCUT2D eigenvalue weighted by atomic mass is 10.1. The van der Waals surface area contributed by atoms with E-state index in [2.05, 4.69) is 5.10 Å². The number of carbonyl (C=O) groups excluding carboxylic acids is 1. The zero-order valence-corrected chi connectivity index (χ0v) is 13.0. The number of aryl methyl sites for hydroxylation is 1. The number of benzene rings is 2. The van der Waals surface area contributed by atoms with E-state index < -0.39 is 0 Å². The largest absolute Gasteiger partial charge is 0.483 e. The summed E-state index contributed by atoms with van der Waals surface area (Å²) in [5.41, 5.74) is 2.78. The highest BCUT2D eigenvalue weighted by molar-refractivity contribution is 5.88. The highest BCUT2D eigenvalue weighted by Crippen LogP contribution is 2.25. The van der Waals surface area contributed by atoms with E-state index >= 15 is 0 Å². The Morgan fingerprint density at radius 2 is 1.82 bits per heavy atom. The van der Waals surface area contributed by atoms with Crippen LogP contribution >= 0.6 is 0 Å². The molecule has 0 aliphatic heterocycles. The molecule has 0 spiro atoms. The number of carbonyl (C=O) groups is 1. The average Bonchev–Trinajstić information content (AvgIpc) is 2.80. The van der Waals surface area contributed by atoms with Crippen LogP contribution in [0.5, 0.6) is 5.75 Å². The molecule has 0 amide bonds. The summed E-state index contributed by atoms with van der Waals surface area (Å²) in [6.45, 7) is 5.73. The van der Waals surface area contributed by atoms with Gasteiger partial charge in [0.2, 0.25) is 0 Å². The molecule has 22 heavy (non-hydrogen) atoms. The van der Waals surface area contributed by atoms with Gasteiger partial charge in [0, 0.05) is 11.1 Å². The van der Waals surface area contributed by atoms with Gasteiger partial charge in [0.25, 0.3) is 5.91 Å². The lowest BCUT2D eigenvalue weighted by Crippen LogP contribution is -2.21. The Morgan fingerprint density at radius 1 is 1.09 bits per heavy atom. The van der Waals surface area contributed by atoms with Crippen LogP contribution in [0.3, 0.4) is 0 Å². The molecular weight excluding hydrogens is 276 g/mol. The second-order valence-electron chi connectivity index (χ2n) is 5.37. The monoisotopic (exact) mass is 294 g/mol. The van der Waals surface area contributed by atoms with E-state index in [-0.39, 0.29) is 12.5 Å². The molecule has 1 aromatic heterocycles. The van der Waals surface area contributed by atoms with E-state index in [1.165, 1.54) is 4.68 Å². The SMILES string of the molecule is Cc1nn(C(=O)COc2cccc3ccccc23)c(C)c1C. The van der Waals surface area contributed by atoms with Gasteiger partial charge in [0.15, 0.2) is 6.61 Å². The van der Waals surface area contributed by atoms with Crippen molar-refractivity contribution in [2.24, 2.45) is 0 Å². The standard InChI is InChI=1S/C18H18N2O2/c1-12-13(2)19-20(14(12)3)18(21)11-22-17-10-6-8-15-7-4-5-9-16(15)17/h4-10H,11H2,1-3H3. The molecule has 3 rings (SSSR count). The zero-order valence-electron chi connectivity index (χ0n) is 13.0. The third-order valence-electron chi connectivity index (χ3n) is 3.99. The second-order valence-corrected chi connectivity index (χ2v) is 5.37. The topological polar surface area (TPSA) is 44.1 Å². The van der Waals surface area contributed by atoms with Crippen LogP contribution in [0.25, 0.3) is 10.8 Å². The van der Waals surface area contributed by atoms with E-state index in [1.54, 1.807) is 0 Å². The van der Waals surface area contributed by atoms with Crippen LogP contribution in [0, 0.1) is 20.8 Å². The van der Waals surface area contributed by atoms with Crippen molar-refractivity contribution in [3.05, 3.63) is 59.4 Å². The Bertz CT molecular complexity index is 844. The highest BCUT2D eigenvalue weighted by atomic mass is 16.5. The molecule has 3 aromatic rings. The molecule has 0 radical (unpaired) electrons. The van der Waals surface area contributed by atoms with Crippen LogP contribution in [0.15, 0.2) is 42.5 Å². The number of hydrogen-bond donors (Lipinski definition) is 0. The highest BCUT2D eigenvalue weighted by Gasteiger charge is 2.14. The number of hydrogen-bond acceptors (Lipinski definition) is 3. The Hall–Kier alpha value is -2.62. The predicted octanol–water partition coefficient (Wildman–Crippen LogP) is 3.68. The summed E-state index contributed by atoms with van der Waals surface area (Å²) in [5.74, 6) is 0.548. The molecule has 0 unspecified atom stereocenters. The van der Waals surface area contributed by atoms with Gasteiger partial charge in [0.1, 0.15) is 5.75 Å². The van der Waals surface area contributed by atoms with Crippen molar-refractivity contribution in [3.63, 3.8) is 0 Å². The summed E-state index contributed by atoms with van der Waals surface area (Å²) in [4.78, 5) is 12.3. The minimum atomic E-state index is -0.165. The van der Waals surface area contributed by atoms with Crippen LogP contribution in [-0.4, -0.2) is 22.3 Å². The zero-order chi connectivity index (χ0) is 15.7. The first-order valence-electron chi connectivity index (χ1n) is 7.24. The fourth-order valence-corrected chi connectivity index (χ4v) is 2.49. The quantitative estimate of drug-likeness (QED) is 0.740. The summed E-state index contributed by atoms with van der Waals surface area (Å²) < 4.78 is 7.16. The summed E-state index contributed by atoms with van der Waals surface area (Å²) in [6, 6.07) is 13.8. The third kappa shape index (κ3) is 2.48. The molecule has 0 fully saturated rings. The molecule has 2 aromatic carbocycles. The smallest absolute Gasteiger partial charge is 0.284 e. The molecule has 0 aliphatic carbocycles. The predicted molar refractivity (Wildman–Crippen MR) is 86.5 cm³/mol. The van der Waals surface area contributed by atoms with E-state index in [1.807, 2.05) is 63.2 Å². The maximum atomic E-state index is 12.3. The van der Waals surface area contributed by atoms with Gasteiger partial charge in [-0.2, -0.15) is 5.10 Å². The van der Waals surface area contributed by atoms with Crippen molar-refractivity contribution in [3.8, 4) is 5.75 Å². The Balaban J connectivity index is 1.82. The van der Waals surface area contributed by atoms with Crippen molar-refractivity contribution < 1.29 is 9.53 Å². The molecule has 0 aliphatic rings. The second kappa shape index (κ2) is 5.64. The third-order valence-corrected chi connectivity index (χ3v) is 3.99. The molecule has 0 bridgehead atoms. The number of fused-ring (bicyclic) bond motifs is 1. The van der Waals surface area contributed by atoms with Crippen molar-refractivity contribution in [1.29, 1.82) is 0 Å². The van der Waals surface area contributed by atoms with Gasteiger partial charge in [-0.3, -0.25) is 4.79 Å². The average molecular weight is 294 g/mol. The first-order chi connectivity index (χ1) is 10.6.